The van der Waals surface area contributed by atoms with Gasteiger partial charge in [0.25, 0.3) is 5.91 Å². The third kappa shape index (κ3) is 4.10. The average molecular weight is 312 g/mol. The van der Waals surface area contributed by atoms with Crippen LogP contribution in [0.2, 0.25) is 0 Å². The molecule has 0 aliphatic rings. The Morgan fingerprint density at radius 2 is 1.78 bits per heavy atom. The highest BCUT2D eigenvalue weighted by Gasteiger charge is 2.15. The molecular weight excluding hydrogens is 292 g/mol. The maximum absolute atomic E-state index is 11.9. The molecule has 0 aliphatic carbocycles. The Kier molecular flexibility index (Phi) is 4.69. The first kappa shape index (κ1) is 16.5. The van der Waals surface area contributed by atoms with E-state index in [9.17, 15) is 15.0 Å². The molecule has 2 aromatic carbocycles. The second kappa shape index (κ2) is 6.52. The fourth-order valence-corrected chi connectivity index (χ4v) is 2.01. The summed E-state index contributed by atoms with van der Waals surface area (Å²) >= 11 is 0. The topological polar surface area (TPSA) is 81.9 Å². The van der Waals surface area contributed by atoms with Crippen molar-refractivity contribution in [1.29, 1.82) is 0 Å². The predicted octanol–water partition coefficient (Wildman–Crippen LogP) is 3.16. The molecule has 0 saturated heterocycles. The summed E-state index contributed by atoms with van der Waals surface area (Å²) in [4.78, 5) is 11.9. The van der Waals surface area contributed by atoms with Crippen molar-refractivity contribution in [3.05, 3.63) is 59.2 Å². The Bertz CT molecular complexity index is 746. The molecule has 120 valence electrons. The van der Waals surface area contributed by atoms with Crippen LogP contribution < -0.4 is 5.43 Å². The molecule has 0 aromatic heterocycles. The van der Waals surface area contributed by atoms with Gasteiger partial charge >= 0.3 is 0 Å². The third-order valence-electron chi connectivity index (χ3n) is 3.41. The molecule has 0 unspecified atom stereocenters. The second-order valence-electron chi connectivity index (χ2n) is 6.24. The number of aromatic hydroxyl groups is 2. The number of para-hydroxylation sites is 1. The summed E-state index contributed by atoms with van der Waals surface area (Å²) in [5.41, 5.74) is 3.96. The van der Waals surface area contributed by atoms with E-state index in [2.05, 4.69) is 31.3 Å². The van der Waals surface area contributed by atoms with E-state index in [-0.39, 0.29) is 22.5 Å². The van der Waals surface area contributed by atoms with Gasteiger partial charge in [-0.1, -0.05) is 39.0 Å². The largest absolute Gasteiger partial charge is 0.507 e. The van der Waals surface area contributed by atoms with Crippen molar-refractivity contribution in [3.63, 3.8) is 0 Å². The molecule has 0 aliphatic heterocycles. The van der Waals surface area contributed by atoms with E-state index >= 15 is 0 Å². The van der Waals surface area contributed by atoms with E-state index in [0.29, 0.717) is 5.56 Å². The van der Waals surface area contributed by atoms with E-state index in [1.54, 1.807) is 18.2 Å². The number of nitrogens with zero attached hydrogens (tertiary/aromatic N) is 1. The van der Waals surface area contributed by atoms with E-state index in [1.165, 1.54) is 18.3 Å². The number of hydrogen-bond donors (Lipinski definition) is 3. The maximum Gasteiger partial charge on any atom is 0.275 e. The van der Waals surface area contributed by atoms with Crippen molar-refractivity contribution < 1.29 is 15.0 Å². The molecule has 23 heavy (non-hydrogen) atoms. The summed E-state index contributed by atoms with van der Waals surface area (Å²) in [5, 5.41) is 23.3. The quantitative estimate of drug-likeness (QED) is 0.601. The summed E-state index contributed by atoms with van der Waals surface area (Å²) in [7, 11) is 0. The minimum atomic E-state index is -0.522. The van der Waals surface area contributed by atoms with Crippen LogP contribution >= 0.6 is 0 Å². The van der Waals surface area contributed by atoms with Gasteiger partial charge in [-0.2, -0.15) is 5.10 Å². The van der Waals surface area contributed by atoms with Gasteiger partial charge in [0.2, 0.25) is 0 Å². The van der Waals surface area contributed by atoms with Gasteiger partial charge in [-0.3, -0.25) is 4.79 Å². The Balaban J connectivity index is 2.15. The molecule has 0 saturated carbocycles. The van der Waals surface area contributed by atoms with Gasteiger partial charge in [0.05, 0.1) is 11.8 Å². The van der Waals surface area contributed by atoms with Gasteiger partial charge in [-0.25, -0.2) is 5.43 Å². The summed E-state index contributed by atoms with van der Waals surface area (Å²) in [6, 6.07) is 11.5. The number of phenols is 2. The zero-order chi connectivity index (χ0) is 17.0. The SMILES string of the molecule is CC(C)(C)c1ccc(O)c(/C=N\NC(=O)c2ccccc2O)c1. The molecule has 2 aromatic rings. The van der Waals surface area contributed by atoms with Crippen molar-refractivity contribution >= 4 is 12.1 Å². The summed E-state index contributed by atoms with van der Waals surface area (Å²) < 4.78 is 0. The smallest absolute Gasteiger partial charge is 0.275 e. The lowest BCUT2D eigenvalue weighted by atomic mass is 9.86. The summed E-state index contributed by atoms with van der Waals surface area (Å²) in [6.45, 7) is 6.21. The van der Waals surface area contributed by atoms with Crippen molar-refractivity contribution in [3.8, 4) is 11.5 Å². The predicted molar refractivity (Wildman–Crippen MR) is 90.0 cm³/mol. The van der Waals surface area contributed by atoms with Gasteiger partial charge in [0.15, 0.2) is 0 Å². The first-order chi connectivity index (χ1) is 10.8. The number of amides is 1. The number of hydrazone groups is 1. The monoisotopic (exact) mass is 312 g/mol. The Morgan fingerprint density at radius 3 is 2.43 bits per heavy atom. The van der Waals surface area contributed by atoms with E-state index in [0.717, 1.165) is 5.56 Å². The van der Waals surface area contributed by atoms with Gasteiger partial charge in [-0.15, -0.1) is 0 Å². The lowest BCUT2D eigenvalue weighted by Crippen LogP contribution is -2.17. The maximum atomic E-state index is 11.9. The number of hydrogen-bond acceptors (Lipinski definition) is 4. The molecular formula is C18H20N2O3. The Hall–Kier alpha value is -2.82. The lowest BCUT2D eigenvalue weighted by Gasteiger charge is -2.19. The molecule has 5 nitrogen and oxygen atoms in total. The van der Waals surface area contributed by atoms with Gasteiger partial charge in [0, 0.05) is 5.56 Å². The molecule has 1 amide bonds. The number of carbonyl (C=O) groups is 1. The number of nitrogens with one attached hydrogen (secondary N) is 1. The van der Waals surface area contributed by atoms with Crippen molar-refractivity contribution in [2.75, 3.05) is 0 Å². The van der Waals surface area contributed by atoms with Crippen LogP contribution in [0.15, 0.2) is 47.6 Å². The molecule has 0 fully saturated rings. The zero-order valence-corrected chi connectivity index (χ0v) is 13.4. The van der Waals surface area contributed by atoms with Crippen molar-refractivity contribution in [2.24, 2.45) is 5.10 Å². The fourth-order valence-electron chi connectivity index (χ4n) is 2.01. The molecule has 3 N–H and O–H groups in total. The first-order valence-electron chi connectivity index (χ1n) is 7.24. The highest BCUT2D eigenvalue weighted by Crippen LogP contribution is 2.26. The van der Waals surface area contributed by atoms with Crippen LogP contribution in [-0.2, 0) is 5.41 Å². The van der Waals surface area contributed by atoms with Crippen molar-refractivity contribution in [1.82, 2.24) is 5.43 Å². The van der Waals surface area contributed by atoms with Crippen molar-refractivity contribution in [2.45, 2.75) is 26.2 Å². The summed E-state index contributed by atoms with van der Waals surface area (Å²) in [6.07, 6.45) is 1.38. The summed E-state index contributed by atoms with van der Waals surface area (Å²) in [5.74, 6) is -0.554. The van der Waals surface area contributed by atoms with Crippen LogP contribution in [0.5, 0.6) is 11.5 Å². The van der Waals surface area contributed by atoms with Gasteiger partial charge in [-0.05, 0) is 35.2 Å². The first-order valence-corrected chi connectivity index (χ1v) is 7.24. The standard InChI is InChI=1S/C18H20N2O3/c1-18(2,3)13-8-9-15(21)12(10-13)11-19-20-17(23)14-6-4-5-7-16(14)22/h4-11,21-22H,1-3H3,(H,20,23)/b19-11-. The van der Waals surface area contributed by atoms with Crippen LogP contribution in [0.1, 0.15) is 42.3 Å². The molecule has 0 spiro atoms. The number of benzene rings is 2. The Morgan fingerprint density at radius 1 is 1.09 bits per heavy atom. The van der Waals surface area contributed by atoms with Gasteiger partial charge < -0.3 is 10.2 Å². The molecule has 5 heteroatoms. The highest BCUT2D eigenvalue weighted by molar-refractivity contribution is 5.97. The zero-order valence-electron chi connectivity index (χ0n) is 13.4. The van der Waals surface area contributed by atoms with Crippen LogP contribution in [0.3, 0.4) is 0 Å². The van der Waals surface area contributed by atoms with Crippen LogP contribution in [-0.4, -0.2) is 22.3 Å². The molecule has 0 bridgehead atoms. The fraction of sp³-hybridized carbons (Fsp3) is 0.222. The number of rotatable bonds is 3. The van der Waals surface area contributed by atoms with Crippen LogP contribution in [0.25, 0.3) is 0 Å². The van der Waals surface area contributed by atoms with E-state index < -0.39 is 5.91 Å². The molecule has 2 rings (SSSR count). The van der Waals surface area contributed by atoms with Crippen LogP contribution in [0, 0.1) is 0 Å². The molecule has 0 heterocycles. The van der Waals surface area contributed by atoms with Gasteiger partial charge in [0.1, 0.15) is 11.5 Å². The van der Waals surface area contributed by atoms with Crippen LogP contribution in [0.4, 0.5) is 0 Å². The molecule has 0 atom stereocenters. The molecule has 0 radical (unpaired) electrons. The minimum Gasteiger partial charge on any atom is -0.507 e. The minimum absolute atomic E-state index is 0.0602. The normalized spacial score (nSPS) is 11.6. The number of carbonyl (C=O) groups excluding carboxylic acids is 1. The highest BCUT2D eigenvalue weighted by atomic mass is 16.3. The average Bonchev–Trinajstić information content (AvgIpc) is 2.48. The van der Waals surface area contributed by atoms with E-state index in [4.69, 9.17) is 0 Å². The Labute approximate surface area is 135 Å². The second-order valence-corrected chi connectivity index (χ2v) is 6.24. The number of phenolic OH excluding ortho intramolecular Hbond substituents is 2. The lowest BCUT2D eigenvalue weighted by molar-refractivity contribution is 0.0952. The third-order valence-corrected chi connectivity index (χ3v) is 3.41. The van der Waals surface area contributed by atoms with E-state index in [1.807, 2.05) is 12.1 Å².